The molecule has 0 aromatic heterocycles. The van der Waals surface area contributed by atoms with Gasteiger partial charge in [-0.2, -0.15) is 0 Å². The van der Waals surface area contributed by atoms with Gasteiger partial charge in [0.2, 0.25) is 11.8 Å². The molecular formula is C18H20N2O2. The van der Waals surface area contributed by atoms with Gasteiger partial charge in [-0.15, -0.1) is 0 Å². The van der Waals surface area contributed by atoms with Crippen LogP contribution in [-0.2, 0) is 16.1 Å². The van der Waals surface area contributed by atoms with Crippen molar-refractivity contribution in [2.75, 3.05) is 6.54 Å². The van der Waals surface area contributed by atoms with Crippen LogP contribution in [0.15, 0.2) is 42.5 Å². The van der Waals surface area contributed by atoms with Crippen LogP contribution in [0.4, 0.5) is 0 Å². The van der Waals surface area contributed by atoms with Crippen molar-refractivity contribution in [2.24, 2.45) is 0 Å². The summed E-state index contributed by atoms with van der Waals surface area (Å²) in [5, 5.41) is 5.31. The number of fused-ring (bicyclic) bond motifs is 1. The molecule has 3 rings (SSSR count). The lowest BCUT2D eigenvalue weighted by molar-refractivity contribution is -0.135. The number of rotatable bonds is 4. The third-order valence-corrected chi connectivity index (χ3v) is 4.30. The summed E-state index contributed by atoms with van der Waals surface area (Å²) in [6.45, 7) is 2.99. The van der Waals surface area contributed by atoms with Gasteiger partial charge in [0, 0.05) is 19.5 Å². The van der Waals surface area contributed by atoms with Crippen molar-refractivity contribution in [3.8, 4) is 0 Å². The minimum absolute atomic E-state index is 0.0550. The highest BCUT2D eigenvalue weighted by Crippen LogP contribution is 2.20. The second kappa shape index (κ2) is 6.18. The molecule has 1 N–H and O–H groups in total. The average Bonchev–Trinajstić information content (AvgIpc) is 2.93. The van der Waals surface area contributed by atoms with Crippen molar-refractivity contribution in [1.82, 2.24) is 10.2 Å². The summed E-state index contributed by atoms with van der Waals surface area (Å²) in [7, 11) is 0. The normalized spacial score (nSPS) is 18.0. The van der Waals surface area contributed by atoms with E-state index in [4.69, 9.17) is 0 Å². The van der Waals surface area contributed by atoms with Crippen molar-refractivity contribution in [1.29, 1.82) is 0 Å². The lowest BCUT2D eigenvalue weighted by Gasteiger charge is -2.22. The summed E-state index contributed by atoms with van der Waals surface area (Å²) in [4.78, 5) is 25.7. The first-order valence-electron chi connectivity index (χ1n) is 7.74. The van der Waals surface area contributed by atoms with Crippen molar-refractivity contribution in [3.63, 3.8) is 0 Å². The second-order valence-corrected chi connectivity index (χ2v) is 5.59. The Morgan fingerprint density at radius 2 is 2.00 bits per heavy atom. The molecular weight excluding hydrogens is 276 g/mol. The Balaban J connectivity index is 1.72. The summed E-state index contributed by atoms with van der Waals surface area (Å²) in [6, 6.07) is 13.9. The van der Waals surface area contributed by atoms with Gasteiger partial charge in [-0.3, -0.25) is 9.59 Å². The predicted molar refractivity (Wildman–Crippen MR) is 86.2 cm³/mol. The molecule has 4 nitrogen and oxygen atoms in total. The van der Waals surface area contributed by atoms with Crippen molar-refractivity contribution in [3.05, 3.63) is 48.0 Å². The van der Waals surface area contributed by atoms with E-state index in [1.807, 2.05) is 31.2 Å². The first-order chi connectivity index (χ1) is 10.7. The van der Waals surface area contributed by atoms with Crippen LogP contribution in [0.5, 0.6) is 0 Å². The van der Waals surface area contributed by atoms with Crippen molar-refractivity contribution < 1.29 is 9.59 Å². The van der Waals surface area contributed by atoms with Crippen LogP contribution in [0.2, 0.25) is 0 Å². The van der Waals surface area contributed by atoms with E-state index < -0.39 is 0 Å². The number of likely N-dealkylation sites (tertiary alicyclic amines) is 1. The van der Waals surface area contributed by atoms with Gasteiger partial charge in [0.25, 0.3) is 0 Å². The maximum atomic E-state index is 12.4. The number of nitrogens with zero attached hydrogens (tertiary/aromatic N) is 1. The fourth-order valence-electron chi connectivity index (χ4n) is 3.15. The molecule has 1 fully saturated rings. The first-order valence-corrected chi connectivity index (χ1v) is 7.74. The van der Waals surface area contributed by atoms with E-state index in [0.29, 0.717) is 25.9 Å². The van der Waals surface area contributed by atoms with Crippen LogP contribution in [0, 0.1) is 0 Å². The first kappa shape index (κ1) is 14.6. The number of benzene rings is 2. The lowest BCUT2D eigenvalue weighted by Crippen LogP contribution is -2.44. The molecule has 0 spiro atoms. The Hall–Kier alpha value is -2.36. The largest absolute Gasteiger partial charge is 0.350 e. The number of likely N-dealkylation sites (N-methyl/N-ethyl adjacent to an activating group) is 1. The Morgan fingerprint density at radius 3 is 2.82 bits per heavy atom. The van der Waals surface area contributed by atoms with Gasteiger partial charge < -0.3 is 10.2 Å². The highest BCUT2D eigenvalue weighted by molar-refractivity contribution is 5.91. The monoisotopic (exact) mass is 296 g/mol. The summed E-state index contributed by atoms with van der Waals surface area (Å²) in [5.41, 5.74) is 1.10. The number of carbonyl (C=O) groups excluding carboxylic acids is 2. The van der Waals surface area contributed by atoms with Gasteiger partial charge in [-0.05, 0) is 29.7 Å². The SMILES string of the molecule is CCN1C(=O)CCC1C(=O)NCc1cccc2ccccc12. The lowest BCUT2D eigenvalue weighted by atomic mass is 10.0. The van der Waals surface area contributed by atoms with E-state index in [9.17, 15) is 9.59 Å². The highest BCUT2D eigenvalue weighted by atomic mass is 16.2. The quantitative estimate of drug-likeness (QED) is 0.942. The molecule has 2 aromatic rings. The Kier molecular flexibility index (Phi) is 4.09. The average molecular weight is 296 g/mol. The summed E-state index contributed by atoms with van der Waals surface area (Å²) in [6.07, 6.45) is 1.09. The molecule has 114 valence electrons. The van der Waals surface area contributed by atoms with E-state index in [-0.39, 0.29) is 17.9 Å². The molecule has 1 aliphatic rings. The van der Waals surface area contributed by atoms with E-state index >= 15 is 0 Å². The fourth-order valence-corrected chi connectivity index (χ4v) is 3.15. The van der Waals surface area contributed by atoms with E-state index in [0.717, 1.165) is 10.9 Å². The summed E-state index contributed by atoms with van der Waals surface area (Å²) in [5.74, 6) is 0.0217. The third kappa shape index (κ3) is 2.69. The molecule has 0 aliphatic carbocycles. The minimum atomic E-state index is -0.313. The van der Waals surface area contributed by atoms with Gasteiger partial charge in [-0.25, -0.2) is 0 Å². The van der Waals surface area contributed by atoms with Gasteiger partial charge >= 0.3 is 0 Å². The van der Waals surface area contributed by atoms with Crippen LogP contribution >= 0.6 is 0 Å². The molecule has 1 unspecified atom stereocenters. The number of carbonyl (C=O) groups is 2. The molecule has 2 amide bonds. The smallest absolute Gasteiger partial charge is 0.243 e. The van der Waals surface area contributed by atoms with Crippen LogP contribution in [0.25, 0.3) is 10.8 Å². The Bertz CT molecular complexity index is 706. The van der Waals surface area contributed by atoms with Crippen LogP contribution in [0.1, 0.15) is 25.3 Å². The number of amides is 2. The maximum absolute atomic E-state index is 12.4. The van der Waals surface area contributed by atoms with Gasteiger partial charge in [0.05, 0.1) is 0 Å². The van der Waals surface area contributed by atoms with E-state index in [1.54, 1.807) is 4.90 Å². The van der Waals surface area contributed by atoms with Crippen molar-refractivity contribution in [2.45, 2.75) is 32.4 Å². The van der Waals surface area contributed by atoms with Crippen LogP contribution in [-0.4, -0.2) is 29.3 Å². The molecule has 0 bridgehead atoms. The molecule has 22 heavy (non-hydrogen) atoms. The predicted octanol–water partition coefficient (Wildman–Crippen LogP) is 2.47. The molecule has 0 saturated carbocycles. The second-order valence-electron chi connectivity index (χ2n) is 5.59. The molecule has 2 aromatic carbocycles. The van der Waals surface area contributed by atoms with E-state index in [2.05, 4.69) is 23.5 Å². The zero-order valence-corrected chi connectivity index (χ0v) is 12.7. The number of hydrogen-bond donors (Lipinski definition) is 1. The molecule has 1 heterocycles. The minimum Gasteiger partial charge on any atom is -0.350 e. The van der Waals surface area contributed by atoms with E-state index in [1.165, 1.54) is 5.39 Å². The third-order valence-electron chi connectivity index (χ3n) is 4.30. The highest BCUT2D eigenvalue weighted by Gasteiger charge is 2.34. The fraction of sp³-hybridized carbons (Fsp3) is 0.333. The Labute approximate surface area is 130 Å². The van der Waals surface area contributed by atoms with Crippen LogP contribution < -0.4 is 5.32 Å². The molecule has 1 atom stereocenters. The number of nitrogens with one attached hydrogen (secondary N) is 1. The molecule has 0 radical (unpaired) electrons. The standard InChI is InChI=1S/C18H20N2O2/c1-2-20-16(10-11-17(20)21)18(22)19-12-14-8-5-7-13-6-3-4-9-15(13)14/h3-9,16H,2,10-12H2,1H3,(H,19,22). The topological polar surface area (TPSA) is 49.4 Å². The summed E-state index contributed by atoms with van der Waals surface area (Å²) >= 11 is 0. The zero-order valence-electron chi connectivity index (χ0n) is 12.7. The maximum Gasteiger partial charge on any atom is 0.243 e. The zero-order chi connectivity index (χ0) is 15.5. The molecule has 1 saturated heterocycles. The molecule has 1 aliphatic heterocycles. The van der Waals surface area contributed by atoms with Gasteiger partial charge in [0.1, 0.15) is 6.04 Å². The van der Waals surface area contributed by atoms with Crippen molar-refractivity contribution >= 4 is 22.6 Å². The number of hydrogen-bond acceptors (Lipinski definition) is 2. The summed E-state index contributed by atoms with van der Waals surface area (Å²) < 4.78 is 0. The van der Waals surface area contributed by atoms with Gasteiger partial charge in [0.15, 0.2) is 0 Å². The van der Waals surface area contributed by atoms with Gasteiger partial charge in [-0.1, -0.05) is 42.5 Å². The van der Waals surface area contributed by atoms with Crippen LogP contribution in [0.3, 0.4) is 0 Å². The Morgan fingerprint density at radius 1 is 1.23 bits per heavy atom. The molecule has 4 heteroatoms.